The number of halogens is 2. The molecule has 0 saturated carbocycles. The van der Waals surface area contributed by atoms with Crippen LogP contribution in [0.25, 0.3) is 0 Å². The number of nitrogens with zero attached hydrogens (tertiary/aromatic N) is 1. The summed E-state index contributed by atoms with van der Waals surface area (Å²) in [6, 6.07) is 9.73. The summed E-state index contributed by atoms with van der Waals surface area (Å²) < 4.78 is 27.7. The van der Waals surface area contributed by atoms with Gasteiger partial charge in [-0.15, -0.1) is 0 Å². The first kappa shape index (κ1) is 12.1. The van der Waals surface area contributed by atoms with E-state index >= 15 is 0 Å². The predicted octanol–water partition coefficient (Wildman–Crippen LogP) is 3.12. The average molecular weight is 260 g/mol. The van der Waals surface area contributed by atoms with Gasteiger partial charge in [0.1, 0.15) is 17.3 Å². The lowest BCUT2D eigenvalue weighted by molar-refractivity contribution is 0.582. The molecule has 3 rings (SSSR count). The smallest absolute Gasteiger partial charge is 0.149 e. The van der Waals surface area contributed by atoms with Crippen LogP contribution in [0.4, 0.5) is 20.2 Å². The first-order valence-electron chi connectivity index (χ1n) is 6.24. The highest BCUT2D eigenvalue weighted by Gasteiger charge is 2.25. The molecular weight excluding hydrogens is 246 g/mol. The molecule has 0 amide bonds. The molecule has 4 heteroatoms. The van der Waals surface area contributed by atoms with Gasteiger partial charge in [0.2, 0.25) is 0 Å². The van der Waals surface area contributed by atoms with Crippen molar-refractivity contribution in [1.29, 1.82) is 0 Å². The quantitative estimate of drug-likeness (QED) is 0.899. The fourth-order valence-electron chi connectivity index (χ4n) is 2.56. The number of benzene rings is 2. The van der Waals surface area contributed by atoms with Crippen LogP contribution in [0.1, 0.15) is 11.1 Å². The third-order valence-electron chi connectivity index (χ3n) is 3.48. The van der Waals surface area contributed by atoms with Crippen molar-refractivity contribution < 1.29 is 8.78 Å². The molecule has 0 atom stereocenters. The Morgan fingerprint density at radius 3 is 2.53 bits per heavy atom. The zero-order chi connectivity index (χ0) is 13.4. The Morgan fingerprint density at radius 1 is 1.11 bits per heavy atom. The highest BCUT2D eigenvalue weighted by molar-refractivity contribution is 5.71. The van der Waals surface area contributed by atoms with Crippen LogP contribution in [-0.2, 0) is 13.0 Å². The molecule has 1 aliphatic heterocycles. The normalized spacial score (nSPS) is 13.7. The van der Waals surface area contributed by atoms with Crippen molar-refractivity contribution in [2.45, 2.75) is 13.0 Å². The van der Waals surface area contributed by atoms with Gasteiger partial charge in [-0.05, 0) is 35.7 Å². The van der Waals surface area contributed by atoms with Crippen molar-refractivity contribution in [1.82, 2.24) is 0 Å². The molecule has 1 aliphatic rings. The van der Waals surface area contributed by atoms with Crippen LogP contribution in [0.5, 0.6) is 0 Å². The van der Waals surface area contributed by atoms with Gasteiger partial charge in [-0.25, -0.2) is 8.78 Å². The first-order chi connectivity index (χ1) is 9.20. The van der Waals surface area contributed by atoms with Crippen LogP contribution in [-0.4, -0.2) is 6.54 Å². The molecule has 0 aliphatic carbocycles. The SMILES string of the molecule is NCc1ccc2c(c1)CCN2c1c(F)cccc1F. The fourth-order valence-corrected chi connectivity index (χ4v) is 2.56. The van der Waals surface area contributed by atoms with Crippen LogP contribution in [0.2, 0.25) is 0 Å². The molecule has 1 heterocycles. The standard InChI is InChI=1S/C15H14F2N2/c16-12-2-1-3-13(17)15(12)19-7-6-11-8-10(9-18)4-5-14(11)19/h1-5,8H,6-7,9,18H2. The molecule has 19 heavy (non-hydrogen) atoms. The molecule has 0 aromatic heterocycles. The van der Waals surface area contributed by atoms with Crippen LogP contribution < -0.4 is 10.6 Å². The summed E-state index contributed by atoms with van der Waals surface area (Å²) in [4.78, 5) is 1.69. The number of fused-ring (bicyclic) bond motifs is 1. The lowest BCUT2D eigenvalue weighted by Crippen LogP contribution is -2.16. The number of hydrogen-bond acceptors (Lipinski definition) is 2. The van der Waals surface area contributed by atoms with E-state index in [2.05, 4.69) is 0 Å². The van der Waals surface area contributed by atoms with Crippen LogP contribution >= 0.6 is 0 Å². The topological polar surface area (TPSA) is 29.3 Å². The third kappa shape index (κ3) is 1.98. The molecule has 2 nitrogen and oxygen atoms in total. The lowest BCUT2D eigenvalue weighted by Gasteiger charge is -2.20. The van der Waals surface area contributed by atoms with E-state index in [4.69, 9.17) is 5.73 Å². The van der Waals surface area contributed by atoms with Crippen molar-refractivity contribution in [3.8, 4) is 0 Å². The van der Waals surface area contributed by atoms with Crippen molar-refractivity contribution in [3.05, 3.63) is 59.2 Å². The summed E-state index contributed by atoms with van der Waals surface area (Å²) in [7, 11) is 0. The van der Waals surface area contributed by atoms with E-state index in [-0.39, 0.29) is 5.69 Å². The molecule has 0 radical (unpaired) electrons. The second-order valence-electron chi connectivity index (χ2n) is 4.64. The monoisotopic (exact) mass is 260 g/mol. The minimum Gasteiger partial charge on any atom is -0.336 e. The molecule has 98 valence electrons. The number of nitrogens with two attached hydrogens (primary N) is 1. The van der Waals surface area contributed by atoms with Gasteiger partial charge in [-0.2, -0.15) is 0 Å². The maximum absolute atomic E-state index is 13.8. The Balaban J connectivity index is 2.07. The lowest BCUT2D eigenvalue weighted by atomic mass is 10.1. The van der Waals surface area contributed by atoms with Gasteiger partial charge >= 0.3 is 0 Å². The van der Waals surface area contributed by atoms with E-state index in [0.717, 1.165) is 23.2 Å². The van der Waals surface area contributed by atoms with Gasteiger partial charge in [0.15, 0.2) is 0 Å². The Bertz CT molecular complexity index is 605. The zero-order valence-corrected chi connectivity index (χ0v) is 10.4. The Hall–Kier alpha value is -1.94. The van der Waals surface area contributed by atoms with E-state index in [0.29, 0.717) is 13.1 Å². The Kier molecular flexibility index (Phi) is 2.95. The second kappa shape index (κ2) is 4.63. The van der Waals surface area contributed by atoms with Crippen LogP contribution in [0.3, 0.4) is 0 Å². The van der Waals surface area contributed by atoms with Gasteiger partial charge in [0.25, 0.3) is 0 Å². The zero-order valence-electron chi connectivity index (χ0n) is 10.4. The summed E-state index contributed by atoms with van der Waals surface area (Å²) in [6.45, 7) is 1.06. The van der Waals surface area contributed by atoms with Gasteiger partial charge in [0.05, 0.1) is 0 Å². The number of anilines is 2. The fraction of sp³-hybridized carbons (Fsp3) is 0.200. The summed E-state index contributed by atoms with van der Waals surface area (Å²) in [5.41, 5.74) is 8.62. The van der Waals surface area contributed by atoms with Crippen LogP contribution in [0.15, 0.2) is 36.4 Å². The van der Waals surface area contributed by atoms with E-state index in [1.165, 1.54) is 18.2 Å². The number of hydrogen-bond donors (Lipinski definition) is 1. The molecule has 2 aromatic rings. The Morgan fingerprint density at radius 2 is 1.84 bits per heavy atom. The van der Waals surface area contributed by atoms with Crippen molar-refractivity contribution in [2.24, 2.45) is 5.73 Å². The molecule has 0 saturated heterocycles. The largest absolute Gasteiger partial charge is 0.336 e. The summed E-state index contributed by atoms with van der Waals surface area (Å²) in [5, 5.41) is 0. The van der Waals surface area contributed by atoms with Gasteiger partial charge in [0, 0.05) is 18.8 Å². The van der Waals surface area contributed by atoms with Crippen molar-refractivity contribution in [3.63, 3.8) is 0 Å². The van der Waals surface area contributed by atoms with E-state index in [9.17, 15) is 8.78 Å². The summed E-state index contributed by atoms with van der Waals surface area (Å²) >= 11 is 0. The van der Waals surface area contributed by atoms with Gasteiger partial charge in [-0.1, -0.05) is 18.2 Å². The molecule has 2 aromatic carbocycles. The maximum atomic E-state index is 13.8. The summed E-state index contributed by atoms with van der Waals surface area (Å²) in [6.07, 6.45) is 0.775. The van der Waals surface area contributed by atoms with E-state index < -0.39 is 11.6 Å². The molecular formula is C15H14F2N2. The van der Waals surface area contributed by atoms with Crippen LogP contribution in [0, 0.1) is 11.6 Å². The highest BCUT2D eigenvalue weighted by Crippen LogP contribution is 2.37. The van der Waals surface area contributed by atoms with Crippen molar-refractivity contribution >= 4 is 11.4 Å². The molecule has 0 unspecified atom stereocenters. The molecule has 0 bridgehead atoms. The molecule has 0 spiro atoms. The minimum absolute atomic E-state index is 0.0294. The highest BCUT2D eigenvalue weighted by atomic mass is 19.1. The first-order valence-corrected chi connectivity index (χ1v) is 6.24. The average Bonchev–Trinajstić information content (AvgIpc) is 2.81. The van der Waals surface area contributed by atoms with E-state index in [1.807, 2.05) is 18.2 Å². The van der Waals surface area contributed by atoms with Gasteiger partial charge < -0.3 is 10.6 Å². The van der Waals surface area contributed by atoms with E-state index in [1.54, 1.807) is 4.90 Å². The van der Waals surface area contributed by atoms with Crippen molar-refractivity contribution in [2.75, 3.05) is 11.4 Å². The minimum atomic E-state index is -0.532. The molecule has 0 fully saturated rings. The number of rotatable bonds is 2. The third-order valence-corrected chi connectivity index (χ3v) is 3.48. The Labute approximate surface area is 110 Å². The molecule has 2 N–H and O–H groups in total. The second-order valence-corrected chi connectivity index (χ2v) is 4.64. The summed E-state index contributed by atoms with van der Waals surface area (Å²) in [5.74, 6) is -1.06. The number of para-hydroxylation sites is 1. The van der Waals surface area contributed by atoms with Gasteiger partial charge in [-0.3, -0.25) is 0 Å². The predicted molar refractivity (Wildman–Crippen MR) is 71.4 cm³/mol. The maximum Gasteiger partial charge on any atom is 0.149 e.